The fourth-order valence-corrected chi connectivity index (χ4v) is 3.43. The first-order valence-corrected chi connectivity index (χ1v) is 9.57. The number of carbonyl (C=O) groups is 1. The van der Waals surface area contributed by atoms with E-state index < -0.39 is 0 Å². The zero-order valence-electron chi connectivity index (χ0n) is 15.2. The number of rotatable bonds is 6. The minimum absolute atomic E-state index is 0.0232. The van der Waals surface area contributed by atoms with Crippen molar-refractivity contribution in [1.82, 2.24) is 20.4 Å². The van der Waals surface area contributed by atoms with E-state index in [9.17, 15) is 4.79 Å². The Morgan fingerprint density at radius 3 is 2.85 bits per heavy atom. The van der Waals surface area contributed by atoms with Crippen LogP contribution in [0.2, 0.25) is 5.02 Å². The Morgan fingerprint density at radius 1 is 1.38 bits per heavy atom. The lowest BCUT2D eigenvalue weighted by Gasteiger charge is -2.33. The van der Waals surface area contributed by atoms with Gasteiger partial charge in [0.1, 0.15) is 0 Å². The molecule has 0 aliphatic carbocycles. The standard InChI is InChI=1S/C19H25ClN4O2/c1-3-9-21-17(25)14-7-10-24(11-8-14)13(2)18-22-23-19(26-18)15-5-4-6-16(20)12-15/h4-6,12-14H,3,7-11H2,1-2H3,(H,21,25). The van der Waals surface area contributed by atoms with Gasteiger partial charge in [0, 0.05) is 23.0 Å². The summed E-state index contributed by atoms with van der Waals surface area (Å²) in [5.41, 5.74) is 0.815. The van der Waals surface area contributed by atoms with Gasteiger partial charge in [0.05, 0.1) is 6.04 Å². The summed E-state index contributed by atoms with van der Waals surface area (Å²) >= 11 is 6.03. The molecule has 140 valence electrons. The van der Waals surface area contributed by atoms with E-state index >= 15 is 0 Å². The number of amides is 1. The van der Waals surface area contributed by atoms with Crippen LogP contribution in [0.15, 0.2) is 28.7 Å². The number of benzene rings is 1. The highest BCUT2D eigenvalue weighted by atomic mass is 35.5. The molecule has 1 aromatic carbocycles. The molecule has 7 heteroatoms. The molecule has 0 spiro atoms. The number of aromatic nitrogens is 2. The van der Waals surface area contributed by atoms with Gasteiger partial charge in [0.25, 0.3) is 0 Å². The molecular weight excluding hydrogens is 352 g/mol. The van der Waals surface area contributed by atoms with E-state index in [0.717, 1.165) is 44.5 Å². The highest BCUT2D eigenvalue weighted by Crippen LogP contribution is 2.28. The van der Waals surface area contributed by atoms with E-state index in [2.05, 4.69) is 34.3 Å². The molecule has 6 nitrogen and oxygen atoms in total. The van der Waals surface area contributed by atoms with Crippen LogP contribution in [0.5, 0.6) is 0 Å². The van der Waals surface area contributed by atoms with Gasteiger partial charge in [0.15, 0.2) is 0 Å². The summed E-state index contributed by atoms with van der Waals surface area (Å²) < 4.78 is 5.87. The maximum absolute atomic E-state index is 12.1. The molecule has 2 aromatic rings. The molecule has 1 unspecified atom stereocenters. The normalized spacial score (nSPS) is 17.2. The predicted octanol–water partition coefficient (Wildman–Crippen LogP) is 3.69. The Balaban J connectivity index is 1.59. The van der Waals surface area contributed by atoms with Gasteiger partial charge in [0.2, 0.25) is 17.7 Å². The second kappa shape index (κ2) is 8.64. The lowest BCUT2D eigenvalue weighted by Crippen LogP contribution is -2.41. The molecular formula is C19H25ClN4O2. The number of likely N-dealkylation sites (tertiary alicyclic amines) is 1. The van der Waals surface area contributed by atoms with Crippen molar-refractivity contribution in [1.29, 1.82) is 0 Å². The molecule has 26 heavy (non-hydrogen) atoms. The first-order valence-electron chi connectivity index (χ1n) is 9.19. The summed E-state index contributed by atoms with van der Waals surface area (Å²) in [5, 5.41) is 12.0. The average Bonchev–Trinajstić information content (AvgIpc) is 3.16. The molecule has 1 aromatic heterocycles. The Morgan fingerprint density at radius 2 is 2.15 bits per heavy atom. The van der Waals surface area contributed by atoms with Gasteiger partial charge < -0.3 is 9.73 Å². The molecule has 1 N–H and O–H groups in total. The number of nitrogens with zero attached hydrogens (tertiary/aromatic N) is 3. The number of carbonyl (C=O) groups excluding carboxylic acids is 1. The van der Waals surface area contributed by atoms with Crippen LogP contribution in [0, 0.1) is 5.92 Å². The molecule has 1 amide bonds. The van der Waals surface area contributed by atoms with Crippen molar-refractivity contribution in [3.8, 4) is 11.5 Å². The van der Waals surface area contributed by atoms with Crippen molar-refractivity contribution in [2.45, 2.75) is 39.2 Å². The molecule has 1 saturated heterocycles. The van der Waals surface area contributed by atoms with E-state index in [0.29, 0.717) is 16.8 Å². The second-order valence-corrected chi connectivity index (χ2v) is 7.17. The van der Waals surface area contributed by atoms with Gasteiger partial charge in [-0.1, -0.05) is 24.6 Å². The summed E-state index contributed by atoms with van der Waals surface area (Å²) in [7, 11) is 0. The molecule has 2 heterocycles. The fourth-order valence-electron chi connectivity index (χ4n) is 3.24. The van der Waals surface area contributed by atoms with Crippen molar-refractivity contribution in [2.75, 3.05) is 19.6 Å². The molecule has 1 aliphatic rings. The van der Waals surface area contributed by atoms with E-state index in [1.54, 1.807) is 0 Å². The fraction of sp³-hybridized carbons (Fsp3) is 0.526. The van der Waals surface area contributed by atoms with E-state index in [-0.39, 0.29) is 17.9 Å². The molecule has 1 fully saturated rings. The highest BCUT2D eigenvalue weighted by Gasteiger charge is 2.29. The van der Waals surface area contributed by atoms with Crippen LogP contribution >= 0.6 is 11.6 Å². The molecule has 3 rings (SSSR count). The van der Waals surface area contributed by atoms with Crippen molar-refractivity contribution < 1.29 is 9.21 Å². The average molecular weight is 377 g/mol. The number of halogens is 1. The lowest BCUT2D eigenvalue weighted by molar-refractivity contribution is -0.126. The topological polar surface area (TPSA) is 71.3 Å². The first-order chi connectivity index (χ1) is 12.6. The molecule has 0 radical (unpaired) electrons. The largest absolute Gasteiger partial charge is 0.419 e. The van der Waals surface area contributed by atoms with Gasteiger partial charge in [-0.25, -0.2) is 0 Å². The minimum atomic E-state index is 0.0232. The number of hydrogen-bond donors (Lipinski definition) is 1. The summed E-state index contributed by atoms with van der Waals surface area (Å²) in [6.45, 7) is 6.57. The number of nitrogens with one attached hydrogen (secondary N) is 1. The second-order valence-electron chi connectivity index (χ2n) is 6.73. The van der Waals surface area contributed by atoms with Gasteiger partial charge in [-0.3, -0.25) is 9.69 Å². The number of piperidine rings is 1. The molecule has 0 saturated carbocycles. The zero-order chi connectivity index (χ0) is 18.5. The van der Waals surface area contributed by atoms with Crippen LogP contribution < -0.4 is 5.32 Å². The minimum Gasteiger partial charge on any atom is -0.419 e. The van der Waals surface area contributed by atoms with Crippen molar-refractivity contribution in [2.24, 2.45) is 5.92 Å². The molecule has 1 aliphatic heterocycles. The van der Waals surface area contributed by atoms with E-state index in [1.807, 2.05) is 24.3 Å². The molecule has 1 atom stereocenters. The van der Waals surface area contributed by atoms with E-state index in [4.69, 9.17) is 16.0 Å². The Hall–Kier alpha value is -1.92. The summed E-state index contributed by atoms with van der Waals surface area (Å²) in [6, 6.07) is 7.40. The summed E-state index contributed by atoms with van der Waals surface area (Å²) in [4.78, 5) is 14.4. The van der Waals surface area contributed by atoms with Crippen molar-refractivity contribution in [3.05, 3.63) is 35.2 Å². The van der Waals surface area contributed by atoms with Gasteiger partial charge in [-0.15, -0.1) is 10.2 Å². The van der Waals surface area contributed by atoms with Crippen LogP contribution in [-0.4, -0.2) is 40.6 Å². The van der Waals surface area contributed by atoms with Gasteiger partial charge in [-0.2, -0.15) is 0 Å². The maximum Gasteiger partial charge on any atom is 0.247 e. The predicted molar refractivity (Wildman–Crippen MR) is 101 cm³/mol. The van der Waals surface area contributed by atoms with Crippen LogP contribution in [0.1, 0.15) is 45.0 Å². The van der Waals surface area contributed by atoms with Crippen LogP contribution in [0.3, 0.4) is 0 Å². The van der Waals surface area contributed by atoms with Crippen LogP contribution in [0.4, 0.5) is 0 Å². The van der Waals surface area contributed by atoms with Crippen molar-refractivity contribution in [3.63, 3.8) is 0 Å². The van der Waals surface area contributed by atoms with Gasteiger partial charge >= 0.3 is 0 Å². The monoisotopic (exact) mass is 376 g/mol. The zero-order valence-corrected chi connectivity index (χ0v) is 16.0. The Kier molecular flexibility index (Phi) is 6.27. The maximum atomic E-state index is 12.1. The molecule has 0 bridgehead atoms. The van der Waals surface area contributed by atoms with Crippen LogP contribution in [0.25, 0.3) is 11.5 Å². The third-order valence-electron chi connectivity index (χ3n) is 4.87. The van der Waals surface area contributed by atoms with Gasteiger partial charge in [-0.05, 0) is 57.5 Å². The smallest absolute Gasteiger partial charge is 0.247 e. The quantitative estimate of drug-likeness (QED) is 0.832. The first kappa shape index (κ1) is 18.9. The third kappa shape index (κ3) is 4.43. The Bertz CT molecular complexity index is 741. The SMILES string of the molecule is CCCNC(=O)C1CCN(C(C)c2nnc(-c3cccc(Cl)c3)o2)CC1. The highest BCUT2D eigenvalue weighted by molar-refractivity contribution is 6.30. The summed E-state index contributed by atoms with van der Waals surface area (Å²) in [5.74, 6) is 1.35. The van der Waals surface area contributed by atoms with Crippen molar-refractivity contribution >= 4 is 17.5 Å². The summed E-state index contributed by atoms with van der Waals surface area (Å²) in [6.07, 6.45) is 2.68. The van der Waals surface area contributed by atoms with E-state index in [1.165, 1.54) is 0 Å². The van der Waals surface area contributed by atoms with Crippen LogP contribution in [-0.2, 0) is 4.79 Å². The Labute approximate surface area is 158 Å². The third-order valence-corrected chi connectivity index (χ3v) is 5.10. The number of hydrogen-bond acceptors (Lipinski definition) is 5. The lowest BCUT2D eigenvalue weighted by atomic mass is 9.95.